The molecule has 0 aromatic heterocycles. The van der Waals surface area contributed by atoms with Gasteiger partial charge in [0.2, 0.25) is 5.91 Å². The molecule has 0 spiro atoms. The highest BCUT2D eigenvalue weighted by Gasteiger charge is 2.17. The van der Waals surface area contributed by atoms with E-state index in [1.807, 2.05) is 0 Å². The van der Waals surface area contributed by atoms with Crippen molar-refractivity contribution in [3.63, 3.8) is 0 Å². The lowest BCUT2D eigenvalue weighted by atomic mass is 10.1. The van der Waals surface area contributed by atoms with E-state index in [0.29, 0.717) is 34.7 Å². The fourth-order valence-electron chi connectivity index (χ4n) is 2.48. The summed E-state index contributed by atoms with van der Waals surface area (Å²) in [5, 5.41) is 6.69. The fourth-order valence-corrected chi connectivity index (χ4v) is 2.71. The second-order valence-electron chi connectivity index (χ2n) is 5.07. The van der Waals surface area contributed by atoms with E-state index < -0.39 is 0 Å². The molecule has 1 unspecified atom stereocenters. The molecule has 0 saturated carbocycles. The quantitative estimate of drug-likeness (QED) is 0.828. The number of halogens is 2. The molecule has 1 aliphatic rings. The van der Waals surface area contributed by atoms with Gasteiger partial charge in [0.1, 0.15) is 11.5 Å². The van der Waals surface area contributed by atoms with E-state index in [2.05, 4.69) is 10.6 Å². The highest BCUT2D eigenvalue weighted by Crippen LogP contribution is 2.35. The second kappa shape index (κ2) is 9.08. The first-order valence-corrected chi connectivity index (χ1v) is 7.46. The summed E-state index contributed by atoms with van der Waals surface area (Å²) in [6.45, 7) is 1.05. The maximum absolute atomic E-state index is 12.1. The van der Waals surface area contributed by atoms with Crippen LogP contribution in [0.25, 0.3) is 0 Å². The van der Waals surface area contributed by atoms with Gasteiger partial charge in [-0.15, -0.1) is 12.4 Å². The smallest absolute Gasteiger partial charge is 0.224 e. The number of carbonyl (C=O) groups is 1. The third-order valence-electron chi connectivity index (χ3n) is 3.63. The lowest BCUT2D eigenvalue weighted by molar-refractivity contribution is -0.116. The zero-order valence-electron chi connectivity index (χ0n) is 12.8. The van der Waals surface area contributed by atoms with E-state index >= 15 is 0 Å². The molecule has 1 aliphatic heterocycles. The van der Waals surface area contributed by atoms with Crippen molar-refractivity contribution < 1.29 is 14.3 Å². The molecule has 1 aromatic carbocycles. The van der Waals surface area contributed by atoms with Crippen LogP contribution in [-0.2, 0) is 4.79 Å². The number of hydrogen-bond donors (Lipinski definition) is 2. The van der Waals surface area contributed by atoms with E-state index in [4.69, 9.17) is 21.1 Å². The number of hydrogen-bond acceptors (Lipinski definition) is 4. The van der Waals surface area contributed by atoms with Gasteiger partial charge in [0, 0.05) is 24.6 Å². The van der Waals surface area contributed by atoms with Gasteiger partial charge in [-0.25, -0.2) is 0 Å². The lowest BCUT2D eigenvalue weighted by Gasteiger charge is -2.14. The fraction of sp³-hybridized carbons (Fsp3) is 0.533. The summed E-state index contributed by atoms with van der Waals surface area (Å²) in [6, 6.07) is 3.76. The van der Waals surface area contributed by atoms with Crippen molar-refractivity contribution in [1.29, 1.82) is 0 Å². The molecule has 2 rings (SSSR count). The summed E-state index contributed by atoms with van der Waals surface area (Å²) in [5.74, 6) is 0.991. The molecule has 22 heavy (non-hydrogen) atoms. The van der Waals surface area contributed by atoms with Gasteiger partial charge in [-0.2, -0.15) is 0 Å². The van der Waals surface area contributed by atoms with Crippen LogP contribution in [0.3, 0.4) is 0 Å². The average molecular weight is 349 g/mol. The van der Waals surface area contributed by atoms with Gasteiger partial charge in [-0.3, -0.25) is 4.79 Å². The Morgan fingerprint density at radius 2 is 2.09 bits per heavy atom. The molecule has 0 radical (unpaired) electrons. The summed E-state index contributed by atoms with van der Waals surface area (Å²) < 4.78 is 10.4. The highest BCUT2D eigenvalue weighted by atomic mass is 35.5. The van der Waals surface area contributed by atoms with Crippen LogP contribution >= 0.6 is 24.0 Å². The van der Waals surface area contributed by atoms with Crippen LogP contribution in [0.5, 0.6) is 11.5 Å². The first kappa shape index (κ1) is 18.9. The lowest BCUT2D eigenvalue weighted by Crippen LogP contribution is -2.23. The molecular weight excluding hydrogens is 327 g/mol. The summed E-state index contributed by atoms with van der Waals surface area (Å²) in [5.41, 5.74) is 0.572. The first-order chi connectivity index (χ1) is 10.1. The highest BCUT2D eigenvalue weighted by molar-refractivity contribution is 6.32. The van der Waals surface area contributed by atoms with E-state index in [1.54, 1.807) is 12.1 Å². The predicted octanol–water partition coefficient (Wildman–Crippen LogP) is 3.25. The molecule has 1 atom stereocenters. The Balaban J connectivity index is 0.00000242. The monoisotopic (exact) mass is 348 g/mol. The SMILES string of the molecule is COc1cc(NC(=O)CCC2CCCN2)c(OC)cc1Cl.Cl. The van der Waals surface area contributed by atoms with Gasteiger partial charge in [0.15, 0.2) is 0 Å². The Labute approximate surface area is 142 Å². The number of benzene rings is 1. The molecule has 1 heterocycles. The molecule has 7 heteroatoms. The van der Waals surface area contributed by atoms with Gasteiger partial charge in [-0.05, 0) is 25.8 Å². The van der Waals surface area contributed by atoms with Crippen molar-refractivity contribution in [3.8, 4) is 11.5 Å². The first-order valence-electron chi connectivity index (χ1n) is 7.08. The van der Waals surface area contributed by atoms with Crippen molar-refractivity contribution in [2.24, 2.45) is 0 Å². The zero-order valence-corrected chi connectivity index (χ0v) is 14.4. The summed E-state index contributed by atoms with van der Waals surface area (Å²) >= 11 is 6.04. The van der Waals surface area contributed by atoms with Crippen molar-refractivity contribution in [1.82, 2.24) is 5.32 Å². The number of carbonyl (C=O) groups excluding carboxylic acids is 1. The minimum Gasteiger partial charge on any atom is -0.495 e. The predicted molar refractivity (Wildman–Crippen MR) is 90.7 cm³/mol. The van der Waals surface area contributed by atoms with E-state index in [0.717, 1.165) is 19.4 Å². The minimum atomic E-state index is -0.0358. The molecule has 1 amide bonds. The number of anilines is 1. The molecule has 1 aromatic rings. The average Bonchev–Trinajstić information content (AvgIpc) is 2.99. The Bertz CT molecular complexity index is 506. The number of ether oxygens (including phenoxy) is 2. The van der Waals surface area contributed by atoms with Crippen LogP contribution in [0.2, 0.25) is 5.02 Å². The largest absolute Gasteiger partial charge is 0.495 e. The Morgan fingerprint density at radius 1 is 1.36 bits per heavy atom. The Hall–Kier alpha value is -1.17. The van der Waals surface area contributed by atoms with Crippen molar-refractivity contribution in [2.75, 3.05) is 26.1 Å². The molecule has 0 aliphatic carbocycles. The minimum absolute atomic E-state index is 0. The van der Waals surface area contributed by atoms with Gasteiger partial charge >= 0.3 is 0 Å². The molecule has 1 saturated heterocycles. The summed E-state index contributed by atoms with van der Waals surface area (Å²) in [6.07, 6.45) is 3.66. The van der Waals surface area contributed by atoms with Crippen LogP contribution < -0.4 is 20.1 Å². The number of nitrogens with one attached hydrogen (secondary N) is 2. The van der Waals surface area contributed by atoms with Crippen LogP contribution in [-0.4, -0.2) is 32.7 Å². The number of rotatable bonds is 6. The molecule has 5 nitrogen and oxygen atoms in total. The molecular formula is C15H22Cl2N2O3. The Morgan fingerprint density at radius 3 is 2.68 bits per heavy atom. The molecule has 0 bridgehead atoms. The van der Waals surface area contributed by atoms with Crippen molar-refractivity contribution in [2.45, 2.75) is 31.7 Å². The van der Waals surface area contributed by atoms with Crippen LogP contribution in [0.4, 0.5) is 5.69 Å². The Kier molecular flexibility index (Phi) is 7.79. The zero-order chi connectivity index (χ0) is 15.2. The standard InChI is InChI=1S/C15H21ClN2O3.ClH/c1-20-13-9-12(14(21-2)8-11(13)16)18-15(19)6-5-10-4-3-7-17-10;/h8-10,17H,3-7H2,1-2H3,(H,18,19);1H. The summed E-state index contributed by atoms with van der Waals surface area (Å²) in [7, 11) is 3.07. The van der Waals surface area contributed by atoms with Gasteiger partial charge in [0.25, 0.3) is 0 Å². The molecule has 124 valence electrons. The molecule has 2 N–H and O–H groups in total. The molecule has 1 fully saturated rings. The van der Waals surface area contributed by atoms with Crippen LogP contribution in [0.15, 0.2) is 12.1 Å². The number of methoxy groups -OCH3 is 2. The van der Waals surface area contributed by atoms with E-state index in [1.165, 1.54) is 20.6 Å². The van der Waals surface area contributed by atoms with Gasteiger partial charge in [0.05, 0.1) is 24.9 Å². The van der Waals surface area contributed by atoms with Crippen molar-refractivity contribution >= 4 is 35.6 Å². The third kappa shape index (κ3) is 4.93. The van der Waals surface area contributed by atoms with Crippen LogP contribution in [0, 0.1) is 0 Å². The van der Waals surface area contributed by atoms with E-state index in [9.17, 15) is 4.79 Å². The normalized spacial score (nSPS) is 16.8. The van der Waals surface area contributed by atoms with Gasteiger partial charge < -0.3 is 20.1 Å². The topological polar surface area (TPSA) is 59.6 Å². The summed E-state index contributed by atoms with van der Waals surface area (Å²) in [4.78, 5) is 12.1. The van der Waals surface area contributed by atoms with Gasteiger partial charge in [-0.1, -0.05) is 11.6 Å². The maximum atomic E-state index is 12.1. The second-order valence-corrected chi connectivity index (χ2v) is 5.47. The maximum Gasteiger partial charge on any atom is 0.224 e. The van der Waals surface area contributed by atoms with E-state index in [-0.39, 0.29) is 18.3 Å². The van der Waals surface area contributed by atoms with Crippen molar-refractivity contribution in [3.05, 3.63) is 17.2 Å². The van der Waals surface area contributed by atoms with Crippen LogP contribution in [0.1, 0.15) is 25.7 Å². The third-order valence-corrected chi connectivity index (χ3v) is 3.93. The number of amides is 1.